The van der Waals surface area contributed by atoms with E-state index in [1.54, 1.807) is 0 Å². The topological polar surface area (TPSA) is 9.86 Å². The largest absolute Gasteiger partial charge is 0.310 e. The van der Waals surface area contributed by atoms with Gasteiger partial charge in [0, 0.05) is 44.3 Å². The van der Waals surface area contributed by atoms with E-state index in [9.17, 15) is 0 Å². The molecule has 0 unspecified atom stereocenters. The SMILES string of the molecule is Cc1cc2c3c(c1)-n1c(-c4ccccc4)c(-c4ccccc4)c4cccc(c41)B3c1cccc3c(-c4ccccc4)c(-c4ccccc4)n-2c13. The van der Waals surface area contributed by atoms with Gasteiger partial charge in [-0.3, -0.25) is 0 Å². The molecule has 9 aromatic rings. The average molecular weight is 635 g/mol. The lowest BCUT2D eigenvalue weighted by molar-refractivity contribution is 1.09. The third-order valence-corrected chi connectivity index (χ3v) is 10.9. The van der Waals surface area contributed by atoms with Crippen LogP contribution in [0.4, 0.5) is 0 Å². The van der Waals surface area contributed by atoms with Gasteiger partial charge in [0.05, 0.1) is 11.4 Å². The van der Waals surface area contributed by atoms with Crippen LogP contribution in [0.15, 0.2) is 170 Å². The van der Waals surface area contributed by atoms with E-state index in [0.29, 0.717) is 0 Å². The number of benzene rings is 7. The first-order chi connectivity index (χ1) is 24.8. The third-order valence-electron chi connectivity index (χ3n) is 10.9. The summed E-state index contributed by atoms with van der Waals surface area (Å²) in [5.41, 5.74) is 20.5. The Balaban J connectivity index is 1.35. The number of hydrogen-bond donors (Lipinski definition) is 0. The number of rotatable bonds is 4. The number of hydrogen-bond acceptors (Lipinski definition) is 0. The summed E-state index contributed by atoms with van der Waals surface area (Å²) in [5, 5.41) is 2.59. The molecule has 232 valence electrons. The van der Waals surface area contributed by atoms with E-state index in [0.717, 1.165) is 0 Å². The van der Waals surface area contributed by atoms with Crippen molar-refractivity contribution in [2.75, 3.05) is 0 Å². The van der Waals surface area contributed by atoms with Crippen LogP contribution in [0.3, 0.4) is 0 Å². The molecule has 0 saturated heterocycles. The Morgan fingerprint density at radius 2 is 0.780 bits per heavy atom. The minimum Gasteiger partial charge on any atom is -0.310 e. The number of para-hydroxylation sites is 2. The molecule has 4 heterocycles. The van der Waals surface area contributed by atoms with E-state index in [1.165, 1.54) is 99.9 Å². The van der Waals surface area contributed by atoms with Crippen LogP contribution in [-0.2, 0) is 0 Å². The molecule has 0 amide bonds. The fraction of sp³-hybridized carbons (Fsp3) is 0.0213. The maximum absolute atomic E-state index is 2.60. The predicted octanol–water partition coefficient (Wildman–Crippen LogP) is 9.69. The van der Waals surface area contributed by atoms with Crippen LogP contribution < -0.4 is 16.4 Å². The Morgan fingerprint density at radius 3 is 1.18 bits per heavy atom. The van der Waals surface area contributed by atoms with Crippen LogP contribution in [0.1, 0.15) is 5.56 Å². The lowest BCUT2D eigenvalue weighted by Gasteiger charge is -2.34. The first-order valence-corrected chi connectivity index (χ1v) is 17.5. The maximum atomic E-state index is 2.60. The van der Waals surface area contributed by atoms with Gasteiger partial charge in [0.25, 0.3) is 6.71 Å². The van der Waals surface area contributed by atoms with Crippen molar-refractivity contribution < 1.29 is 0 Å². The molecule has 0 atom stereocenters. The average Bonchev–Trinajstić information content (AvgIpc) is 3.72. The van der Waals surface area contributed by atoms with Crippen LogP contribution in [0.2, 0.25) is 0 Å². The standard InChI is InChI=1S/C47H31BN2/c1-30-28-39-43-40(29-30)50-45(34-22-12-5-13-23-34)42(32-18-8-3-9-19-32)36-25-15-27-38(47(36)50)48(43)37-26-14-24-35-41(31-16-6-2-7-17-31)44(49(39)46(35)37)33-20-10-4-11-21-33/h2-29H,1H3. The number of nitrogens with zero attached hydrogens (tertiary/aromatic N) is 2. The van der Waals surface area contributed by atoms with Crippen molar-refractivity contribution in [3.63, 3.8) is 0 Å². The number of aryl methyl sites for hydroxylation is 1. The Morgan fingerprint density at radius 1 is 0.400 bits per heavy atom. The van der Waals surface area contributed by atoms with Crippen molar-refractivity contribution in [3.8, 4) is 56.1 Å². The molecular weight excluding hydrogens is 603 g/mol. The molecule has 0 saturated carbocycles. The Hall–Kier alpha value is -6.32. The molecule has 11 rings (SSSR count). The highest BCUT2D eigenvalue weighted by atomic mass is 15.0. The van der Waals surface area contributed by atoms with E-state index in [1.807, 2.05) is 0 Å². The molecule has 50 heavy (non-hydrogen) atoms. The van der Waals surface area contributed by atoms with E-state index >= 15 is 0 Å². The normalized spacial score (nSPS) is 12.5. The fourth-order valence-electron chi connectivity index (χ4n) is 9.11. The minimum absolute atomic E-state index is 0.0947. The van der Waals surface area contributed by atoms with E-state index in [2.05, 4.69) is 186 Å². The zero-order valence-corrected chi connectivity index (χ0v) is 27.6. The minimum atomic E-state index is 0.0947. The molecule has 7 aromatic carbocycles. The summed E-state index contributed by atoms with van der Waals surface area (Å²) in [4.78, 5) is 0. The maximum Gasteiger partial charge on any atom is 0.252 e. The molecule has 0 fully saturated rings. The van der Waals surface area contributed by atoms with Crippen molar-refractivity contribution in [3.05, 3.63) is 175 Å². The zero-order valence-electron chi connectivity index (χ0n) is 27.6. The van der Waals surface area contributed by atoms with E-state index in [4.69, 9.17) is 0 Å². The lowest BCUT2D eigenvalue weighted by Crippen LogP contribution is -2.59. The molecule has 2 aliphatic rings. The summed E-state index contributed by atoms with van der Waals surface area (Å²) in [7, 11) is 0. The van der Waals surface area contributed by atoms with Crippen LogP contribution in [-0.4, -0.2) is 15.8 Å². The van der Waals surface area contributed by atoms with Gasteiger partial charge in [-0.15, -0.1) is 0 Å². The lowest BCUT2D eigenvalue weighted by atomic mass is 9.34. The van der Waals surface area contributed by atoms with Gasteiger partial charge in [-0.25, -0.2) is 0 Å². The second-order valence-corrected chi connectivity index (χ2v) is 13.7. The number of aromatic nitrogens is 2. The van der Waals surface area contributed by atoms with Gasteiger partial charge in [-0.2, -0.15) is 0 Å². The molecule has 3 heteroatoms. The fourth-order valence-corrected chi connectivity index (χ4v) is 9.11. The first kappa shape index (κ1) is 27.6. The van der Waals surface area contributed by atoms with Gasteiger partial charge in [0.1, 0.15) is 0 Å². The Labute approximate surface area is 291 Å². The molecule has 2 aliphatic heterocycles. The summed E-state index contributed by atoms with van der Waals surface area (Å²) in [5.74, 6) is 0. The molecule has 0 radical (unpaired) electrons. The second-order valence-electron chi connectivity index (χ2n) is 13.7. The highest BCUT2D eigenvalue weighted by molar-refractivity contribution is 7.00. The first-order valence-electron chi connectivity index (χ1n) is 17.5. The molecule has 2 aromatic heterocycles. The van der Waals surface area contributed by atoms with Gasteiger partial charge in [-0.05, 0) is 63.3 Å². The smallest absolute Gasteiger partial charge is 0.252 e. The molecule has 0 spiro atoms. The van der Waals surface area contributed by atoms with Gasteiger partial charge in [0.2, 0.25) is 0 Å². The van der Waals surface area contributed by atoms with Crippen molar-refractivity contribution in [1.29, 1.82) is 0 Å². The second kappa shape index (κ2) is 10.3. The summed E-state index contributed by atoms with van der Waals surface area (Å²) in [6.45, 7) is 2.35. The van der Waals surface area contributed by atoms with Crippen molar-refractivity contribution in [1.82, 2.24) is 9.13 Å². The van der Waals surface area contributed by atoms with Crippen LogP contribution in [0, 0.1) is 6.92 Å². The molecule has 0 bridgehead atoms. The Bertz CT molecular complexity index is 2600. The van der Waals surface area contributed by atoms with E-state index in [-0.39, 0.29) is 6.71 Å². The van der Waals surface area contributed by atoms with Crippen LogP contribution >= 0.6 is 0 Å². The Kier molecular flexibility index (Phi) is 5.71. The number of fused-ring (bicyclic) bond motifs is 4. The van der Waals surface area contributed by atoms with Crippen molar-refractivity contribution >= 4 is 44.9 Å². The van der Waals surface area contributed by atoms with Crippen molar-refractivity contribution in [2.24, 2.45) is 0 Å². The highest BCUT2D eigenvalue weighted by Crippen LogP contribution is 2.47. The summed E-state index contributed by atoms with van der Waals surface area (Å²) in [6.07, 6.45) is 0. The predicted molar refractivity (Wildman–Crippen MR) is 211 cm³/mol. The van der Waals surface area contributed by atoms with Crippen LogP contribution in [0.25, 0.3) is 77.9 Å². The van der Waals surface area contributed by atoms with Crippen molar-refractivity contribution in [2.45, 2.75) is 6.92 Å². The molecule has 2 nitrogen and oxygen atoms in total. The summed E-state index contributed by atoms with van der Waals surface area (Å²) < 4.78 is 5.19. The summed E-state index contributed by atoms with van der Waals surface area (Å²) >= 11 is 0. The molecular formula is C47H31BN2. The zero-order chi connectivity index (χ0) is 32.9. The third kappa shape index (κ3) is 3.64. The van der Waals surface area contributed by atoms with Gasteiger partial charge >= 0.3 is 0 Å². The molecule has 0 aliphatic carbocycles. The van der Waals surface area contributed by atoms with E-state index < -0.39 is 0 Å². The van der Waals surface area contributed by atoms with Gasteiger partial charge < -0.3 is 9.13 Å². The highest BCUT2D eigenvalue weighted by Gasteiger charge is 2.42. The summed E-state index contributed by atoms with van der Waals surface area (Å²) in [6, 6.07) is 62.7. The quantitative estimate of drug-likeness (QED) is 0.171. The van der Waals surface area contributed by atoms with Gasteiger partial charge in [0.15, 0.2) is 0 Å². The van der Waals surface area contributed by atoms with Crippen LogP contribution in [0.5, 0.6) is 0 Å². The monoisotopic (exact) mass is 634 g/mol. The van der Waals surface area contributed by atoms with Gasteiger partial charge in [-0.1, -0.05) is 158 Å². The molecule has 0 N–H and O–H groups in total.